The fourth-order valence-electron chi connectivity index (χ4n) is 2.20. The molecule has 0 bridgehead atoms. The first kappa shape index (κ1) is 14.9. The highest BCUT2D eigenvalue weighted by atomic mass is 35.5. The molecule has 1 aromatic carbocycles. The highest BCUT2D eigenvalue weighted by molar-refractivity contribution is 6.42. The summed E-state index contributed by atoms with van der Waals surface area (Å²) in [5.41, 5.74) is 0.842. The first-order chi connectivity index (χ1) is 9.15. The van der Waals surface area contributed by atoms with Crippen molar-refractivity contribution in [3.8, 4) is 0 Å². The Kier molecular flexibility index (Phi) is 5.76. The fourth-order valence-corrected chi connectivity index (χ4v) is 2.50. The maximum absolute atomic E-state index is 9.85. The van der Waals surface area contributed by atoms with Crippen LogP contribution in [-0.2, 0) is 4.74 Å². The van der Waals surface area contributed by atoms with Crippen molar-refractivity contribution in [3.63, 3.8) is 0 Å². The quantitative estimate of drug-likeness (QED) is 0.841. The minimum absolute atomic E-state index is 0.333. The van der Waals surface area contributed by atoms with Crippen molar-refractivity contribution >= 4 is 28.9 Å². The third-order valence-corrected chi connectivity index (χ3v) is 4.03. The summed E-state index contributed by atoms with van der Waals surface area (Å²) >= 11 is 11.8. The second-order valence-corrected chi connectivity index (χ2v) is 5.72. The zero-order valence-electron chi connectivity index (χ0n) is 10.7. The molecule has 2 N–H and O–H groups in total. The van der Waals surface area contributed by atoms with Gasteiger partial charge in [0.05, 0.1) is 28.9 Å². The summed E-state index contributed by atoms with van der Waals surface area (Å²) in [6.45, 7) is 0.809. The Bertz CT molecular complexity index is 408. The van der Waals surface area contributed by atoms with E-state index in [1.165, 1.54) is 12.8 Å². The SMILES string of the molecule is OC(CNc1ccc(Cl)c(Cl)c1)COC1CCCC1. The van der Waals surface area contributed by atoms with E-state index >= 15 is 0 Å². The molecule has 3 nitrogen and oxygen atoms in total. The molecule has 2 rings (SSSR count). The predicted molar refractivity (Wildman–Crippen MR) is 79.2 cm³/mol. The van der Waals surface area contributed by atoms with E-state index in [2.05, 4.69) is 5.32 Å². The topological polar surface area (TPSA) is 41.5 Å². The number of nitrogens with one attached hydrogen (secondary N) is 1. The van der Waals surface area contributed by atoms with Gasteiger partial charge in [-0.1, -0.05) is 36.0 Å². The molecule has 106 valence electrons. The van der Waals surface area contributed by atoms with Crippen LogP contribution in [0.2, 0.25) is 10.0 Å². The number of hydrogen-bond acceptors (Lipinski definition) is 3. The number of aliphatic hydroxyl groups is 1. The molecule has 0 spiro atoms. The molecule has 1 saturated carbocycles. The van der Waals surface area contributed by atoms with E-state index in [0.29, 0.717) is 29.3 Å². The summed E-state index contributed by atoms with van der Waals surface area (Å²) in [4.78, 5) is 0. The number of rotatable bonds is 6. The molecule has 1 aromatic rings. The van der Waals surface area contributed by atoms with E-state index in [4.69, 9.17) is 27.9 Å². The largest absolute Gasteiger partial charge is 0.389 e. The third-order valence-electron chi connectivity index (χ3n) is 3.29. The first-order valence-electron chi connectivity index (χ1n) is 6.64. The second-order valence-electron chi connectivity index (χ2n) is 4.90. The van der Waals surface area contributed by atoms with E-state index in [-0.39, 0.29) is 0 Å². The summed E-state index contributed by atoms with van der Waals surface area (Å²) in [7, 11) is 0. The second kappa shape index (κ2) is 7.34. The third kappa shape index (κ3) is 4.84. The van der Waals surface area contributed by atoms with Gasteiger partial charge in [0.25, 0.3) is 0 Å². The van der Waals surface area contributed by atoms with Crippen LogP contribution < -0.4 is 5.32 Å². The minimum atomic E-state index is -0.518. The fraction of sp³-hybridized carbons (Fsp3) is 0.571. The molecule has 19 heavy (non-hydrogen) atoms. The van der Waals surface area contributed by atoms with Crippen molar-refractivity contribution in [2.45, 2.75) is 37.9 Å². The van der Waals surface area contributed by atoms with Crippen LogP contribution in [0.1, 0.15) is 25.7 Å². The molecule has 0 radical (unpaired) electrons. The minimum Gasteiger partial charge on any atom is -0.389 e. The van der Waals surface area contributed by atoms with Gasteiger partial charge in [-0.15, -0.1) is 0 Å². The maximum atomic E-state index is 9.85. The number of halogens is 2. The number of hydrogen-bond donors (Lipinski definition) is 2. The van der Waals surface area contributed by atoms with Gasteiger partial charge in [0, 0.05) is 12.2 Å². The summed E-state index contributed by atoms with van der Waals surface area (Å²) in [5, 5.41) is 14.0. The zero-order chi connectivity index (χ0) is 13.7. The van der Waals surface area contributed by atoms with E-state index in [1.54, 1.807) is 12.1 Å². The molecule has 1 fully saturated rings. The van der Waals surface area contributed by atoms with Gasteiger partial charge in [-0.05, 0) is 31.0 Å². The average molecular weight is 304 g/mol. The summed E-state index contributed by atoms with van der Waals surface area (Å²) in [6, 6.07) is 5.31. The van der Waals surface area contributed by atoms with Crippen LogP contribution >= 0.6 is 23.2 Å². The highest BCUT2D eigenvalue weighted by Crippen LogP contribution is 2.25. The van der Waals surface area contributed by atoms with E-state index in [0.717, 1.165) is 18.5 Å². The first-order valence-corrected chi connectivity index (χ1v) is 7.39. The Balaban J connectivity index is 1.70. The number of anilines is 1. The van der Waals surface area contributed by atoms with Crippen molar-refractivity contribution in [1.82, 2.24) is 0 Å². The molecule has 1 aliphatic carbocycles. The molecule has 0 aromatic heterocycles. The zero-order valence-corrected chi connectivity index (χ0v) is 12.3. The van der Waals surface area contributed by atoms with Gasteiger partial charge in [0.1, 0.15) is 0 Å². The summed E-state index contributed by atoms with van der Waals surface area (Å²) in [5.74, 6) is 0. The molecule has 0 amide bonds. The van der Waals surface area contributed by atoms with Crippen LogP contribution in [0.3, 0.4) is 0 Å². The van der Waals surface area contributed by atoms with Crippen LogP contribution in [0, 0.1) is 0 Å². The van der Waals surface area contributed by atoms with Gasteiger partial charge < -0.3 is 15.2 Å². The predicted octanol–water partition coefficient (Wildman–Crippen LogP) is 3.73. The molecule has 1 unspecified atom stereocenters. The molecule has 0 aliphatic heterocycles. The van der Waals surface area contributed by atoms with Gasteiger partial charge in [-0.25, -0.2) is 0 Å². The van der Waals surface area contributed by atoms with E-state index in [1.807, 2.05) is 6.07 Å². The Labute approximate surface area is 123 Å². The summed E-state index contributed by atoms with van der Waals surface area (Å²) < 4.78 is 5.66. The van der Waals surface area contributed by atoms with Crippen molar-refractivity contribution in [2.75, 3.05) is 18.5 Å². The molecular formula is C14H19Cl2NO2. The van der Waals surface area contributed by atoms with E-state index < -0.39 is 6.10 Å². The number of aliphatic hydroxyl groups excluding tert-OH is 1. The van der Waals surface area contributed by atoms with Gasteiger partial charge in [0.2, 0.25) is 0 Å². The van der Waals surface area contributed by atoms with Gasteiger partial charge in [0.15, 0.2) is 0 Å². The summed E-state index contributed by atoms with van der Waals surface area (Å²) in [6.07, 6.45) is 4.53. The number of ether oxygens (including phenoxy) is 1. The Hall–Kier alpha value is -0.480. The van der Waals surface area contributed by atoms with Crippen LogP contribution in [-0.4, -0.2) is 30.5 Å². The monoisotopic (exact) mass is 303 g/mol. The van der Waals surface area contributed by atoms with Crippen LogP contribution in [0.15, 0.2) is 18.2 Å². The van der Waals surface area contributed by atoms with Crippen LogP contribution in [0.4, 0.5) is 5.69 Å². The normalized spacial score (nSPS) is 17.6. The molecule has 0 saturated heterocycles. The van der Waals surface area contributed by atoms with E-state index in [9.17, 15) is 5.11 Å². The van der Waals surface area contributed by atoms with Crippen molar-refractivity contribution in [1.29, 1.82) is 0 Å². The lowest BCUT2D eigenvalue weighted by molar-refractivity contribution is -0.00117. The molecular weight excluding hydrogens is 285 g/mol. The standard InChI is InChI=1S/C14H19Cl2NO2/c15-13-6-5-10(7-14(13)16)17-8-11(18)9-19-12-3-1-2-4-12/h5-7,11-12,17-18H,1-4,8-9H2. The van der Waals surface area contributed by atoms with Crippen molar-refractivity contribution < 1.29 is 9.84 Å². The maximum Gasteiger partial charge on any atom is 0.0945 e. The van der Waals surface area contributed by atoms with Crippen LogP contribution in [0.25, 0.3) is 0 Å². The Morgan fingerprint density at radius 2 is 2.00 bits per heavy atom. The lowest BCUT2D eigenvalue weighted by Gasteiger charge is -2.16. The molecule has 1 aliphatic rings. The highest BCUT2D eigenvalue weighted by Gasteiger charge is 2.16. The lowest BCUT2D eigenvalue weighted by atomic mass is 10.3. The molecule has 1 atom stereocenters. The molecule has 0 heterocycles. The van der Waals surface area contributed by atoms with Gasteiger partial charge in [-0.2, -0.15) is 0 Å². The van der Waals surface area contributed by atoms with Crippen LogP contribution in [0.5, 0.6) is 0 Å². The van der Waals surface area contributed by atoms with Crippen molar-refractivity contribution in [2.24, 2.45) is 0 Å². The Morgan fingerprint density at radius 1 is 1.26 bits per heavy atom. The van der Waals surface area contributed by atoms with Gasteiger partial charge >= 0.3 is 0 Å². The Morgan fingerprint density at radius 3 is 2.68 bits per heavy atom. The molecule has 5 heteroatoms. The average Bonchev–Trinajstić information content (AvgIpc) is 2.91. The number of benzene rings is 1. The van der Waals surface area contributed by atoms with Crippen molar-refractivity contribution in [3.05, 3.63) is 28.2 Å². The lowest BCUT2D eigenvalue weighted by Crippen LogP contribution is -2.27. The van der Waals surface area contributed by atoms with Gasteiger partial charge in [-0.3, -0.25) is 0 Å². The smallest absolute Gasteiger partial charge is 0.0945 e.